The number of carbonyl (C=O) groups excluding carboxylic acids is 1. The van der Waals surface area contributed by atoms with Crippen LogP contribution in [0.4, 0.5) is 5.69 Å². The number of benzene rings is 4. The van der Waals surface area contributed by atoms with Gasteiger partial charge in [-0.15, -0.1) is 0 Å². The lowest BCUT2D eigenvalue weighted by Crippen LogP contribution is -2.09. The number of aromatic nitrogens is 1. The van der Waals surface area contributed by atoms with Crippen LogP contribution in [0, 0.1) is 17.9 Å². The van der Waals surface area contributed by atoms with Gasteiger partial charge in [-0.3, -0.25) is 0 Å². The number of rotatable bonds is 8. The summed E-state index contributed by atoms with van der Waals surface area (Å²) in [5.74, 6) is 0.565. The van der Waals surface area contributed by atoms with Crippen molar-refractivity contribution in [1.82, 2.24) is 4.98 Å². The van der Waals surface area contributed by atoms with Crippen LogP contribution in [0.25, 0.3) is 32.5 Å². The van der Waals surface area contributed by atoms with Crippen molar-refractivity contribution in [2.45, 2.75) is 0 Å². The Balaban J connectivity index is 1.21. The molecule has 4 aromatic carbocycles. The monoisotopic (exact) mass is 726 g/mol. The number of allylic oxidation sites excluding steroid dienone is 1. The number of nitrogens with zero attached hydrogens (tertiary/aromatic N) is 3. The fourth-order valence-corrected chi connectivity index (χ4v) is 5.48. The molecule has 4 heterocycles. The van der Waals surface area contributed by atoms with Gasteiger partial charge in [0.2, 0.25) is 11.8 Å². The third-order valence-electron chi connectivity index (χ3n) is 8.10. The third-order valence-corrected chi connectivity index (χ3v) is 8.10. The van der Waals surface area contributed by atoms with E-state index in [9.17, 15) is 14.4 Å². The van der Waals surface area contributed by atoms with Crippen molar-refractivity contribution < 1.29 is 32.6 Å². The summed E-state index contributed by atoms with van der Waals surface area (Å²) >= 11 is 0. The number of aromatic amines is 1. The maximum Gasteiger partial charge on any atom is 0.349 e. The molecule has 1 aliphatic heterocycles. The Bertz CT molecular complexity index is 2960. The van der Waals surface area contributed by atoms with Crippen molar-refractivity contribution >= 4 is 45.3 Å². The van der Waals surface area contributed by atoms with E-state index in [1.165, 1.54) is 24.3 Å². The highest BCUT2D eigenvalue weighted by Crippen LogP contribution is 2.35. The zero-order valence-electron chi connectivity index (χ0n) is 28.1. The molecule has 0 aliphatic carbocycles. The standard InChI is InChI=1S/C42H22N4O9/c1-44-27-8-14-29(15-9-27)52-41-32(42(49)53-31-13-5-26-7-19-39(48)55-36(26)21-31)22-34(46-41)40(51-30-12-4-25-6-18-38(47)54-35(25)20-30)33-16-17-37(45-33)50-28-10-2-24(23-43)3-11-28/h2-22,46H/b40-33+. The number of aliphatic imine (C=N–C) groups is 1. The molecule has 1 N–H and O–H groups in total. The van der Waals surface area contributed by atoms with Crippen LogP contribution in [-0.4, -0.2) is 16.9 Å². The minimum Gasteiger partial charge on any atom is -0.453 e. The molecule has 0 saturated carbocycles. The molecule has 264 valence electrons. The van der Waals surface area contributed by atoms with Crippen LogP contribution in [0.1, 0.15) is 21.6 Å². The Kier molecular flexibility index (Phi) is 8.77. The first kappa shape index (κ1) is 33.7. The molecule has 0 atom stereocenters. The van der Waals surface area contributed by atoms with Crippen LogP contribution in [0.15, 0.2) is 157 Å². The maximum absolute atomic E-state index is 13.9. The number of fused-ring (bicyclic) bond motifs is 2. The molecule has 0 unspecified atom stereocenters. The molecular weight excluding hydrogens is 704 g/mol. The summed E-state index contributed by atoms with van der Waals surface area (Å²) in [7, 11) is 0. The number of hydrogen-bond acceptors (Lipinski definition) is 11. The highest BCUT2D eigenvalue weighted by atomic mass is 16.5. The second-order valence-corrected chi connectivity index (χ2v) is 11.8. The van der Waals surface area contributed by atoms with Crippen LogP contribution < -0.4 is 30.2 Å². The van der Waals surface area contributed by atoms with Crippen LogP contribution >= 0.6 is 0 Å². The average Bonchev–Trinajstić information content (AvgIpc) is 3.84. The number of H-pyrrole nitrogens is 1. The predicted octanol–water partition coefficient (Wildman–Crippen LogP) is 8.46. The number of hydrogen-bond donors (Lipinski definition) is 1. The summed E-state index contributed by atoms with van der Waals surface area (Å²) in [5, 5.41) is 10.4. The lowest BCUT2D eigenvalue weighted by atomic mass is 10.2. The Morgan fingerprint density at radius 1 is 0.709 bits per heavy atom. The first-order valence-corrected chi connectivity index (χ1v) is 16.4. The molecule has 7 aromatic rings. The van der Waals surface area contributed by atoms with Crippen molar-refractivity contribution in [3.63, 3.8) is 0 Å². The normalized spacial score (nSPS) is 12.8. The number of nitrogens with one attached hydrogen (secondary N) is 1. The van der Waals surface area contributed by atoms with Gasteiger partial charge in [-0.2, -0.15) is 5.26 Å². The van der Waals surface area contributed by atoms with E-state index in [1.807, 2.05) is 0 Å². The van der Waals surface area contributed by atoms with E-state index in [0.717, 1.165) is 0 Å². The van der Waals surface area contributed by atoms with Gasteiger partial charge in [0.05, 0.1) is 23.9 Å². The van der Waals surface area contributed by atoms with E-state index in [2.05, 4.69) is 20.9 Å². The number of nitriles is 1. The van der Waals surface area contributed by atoms with E-state index < -0.39 is 17.2 Å². The largest absolute Gasteiger partial charge is 0.453 e. The first-order chi connectivity index (χ1) is 26.8. The Labute approximate surface area is 309 Å². The zero-order valence-corrected chi connectivity index (χ0v) is 28.1. The summed E-state index contributed by atoms with van der Waals surface area (Å²) in [6, 6.07) is 31.7. The molecule has 0 radical (unpaired) electrons. The molecule has 55 heavy (non-hydrogen) atoms. The van der Waals surface area contributed by atoms with E-state index in [1.54, 1.807) is 103 Å². The van der Waals surface area contributed by atoms with Crippen LogP contribution in [-0.2, 0) is 0 Å². The van der Waals surface area contributed by atoms with Gasteiger partial charge in [-0.1, -0.05) is 12.1 Å². The van der Waals surface area contributed by atoms with Gasteiger partial charge in [0, 0.05) is 41.1 Å². The van der Waals surface area contributed by atoms with Gasteiger partial charge in [0.1, 0.15) is 45.4 Å². The topological polar surface area (TPSA) is 171 Å². The minimum atomic E-state index is -0.833. The zero-order chi connectivity index (χ0) is 37.9. The van der Waals surface area contributed by atoms with Crippen molar-refractivity contribution in [2.75, 3.05) is 0 Å². The fourth-order valence-electron chi connectivity index (χ4n) is 5.48. The average molecular weight is 727 g/mol. The predicted molar refractivity (Wildman–Crippen MR) is 199 cm³/mol. The summed E-state index contributed by atoms with van der Waals surface area (Å²) in [6.45, 7) is 7.28. The fraction of sp³-hybridized carbons (Fsp3) is 0. The highest BCUT2D eigenvalue weighted by molar-refractivity contribution is 5.97. The lowest BCUT2D eigenvalue weighted by molar-refractivity contribution is 0.0732. The van der Waals surface area contributed by atoms with E-state index in [4.69, 9.17) is 39.6 Å². The Hall–Kier alpha value is -8.42. The summed E-state index contributed by atoms with van der Waals surface area (Å²) in [4.78, 5) is 48.9. The lowest BCUT2D eigenvalue weighted by Gasteiger charge is -2.11. The van der Waals surface area contributed by atoms with Gasteiger partial charge < -0.3 is 32.8 Å². The molecule has 8 rings (SSSR count). The van der Waals surface area contributed by atoms with Crippen molar-refractivity contribution in [2.24, 2.45) is 4.99 Å². The van der Waals surface area contributed by atoms with Crippen molar-refractivity contribution in [1.29, 1.82) is 5.26 Å². The summed E-state index contributed by atoms with van der Waals surface area (Å²) < 4.78 is 34.9. The van der Waals surface area contributed by atoms with E-state index in [0.29, 0.717) is 33.5 Å². The van der Waals surface area contributed by atoms with Gasteiger partial charge in [0.15, 0.2) is 11.4 Å². The molecule has 0 fully saturated rings. The molecule has 0 amide bonds. The van der Waals surface area contributed by atoms with E-state index >= 15 is 0 Å². The van der Waals surface area contributed by atoms with Gasteiger partial charge >= 0.3 is 17.2 Å². The van der Waals surface area contributed by atoms with Crippen molar-refractivity contribution in [3.05, 3.63) is 182 Å². The van der Waals surface area contributed by atoms with Gasteiger partial charge in [-0.25, -0.2) is 24.2 Å². The molecule has 0 spiro atoms. The van der Waals surface area contributed by atoms with Crippen LogP contribution in [0.5, 0.6) is 28.9 Å². The summed E-state index contributed by atoms with van der Waals surface area (Å²) in [6.07, 6.45) is 3.25. The van der Waals surface area contributed by atoms with Crippen LogP contribution in [0.3, 0.4) is 0 Å². The Morgan fingerprint density at radius 2 is 1.29 bits per heavy atom. The molecule has 0 bridgehead atoms. The maximum atomic E-state index is 13.9. The summed E-state index contributed by atoms with van der Waals surface area (Å²) in [5.41, 5.74) is 0.701. The van der Waals surface area contributed by atoms with Gasteiger partial charge in [0.25, 0.3) is 0 Å². The Morgan fingerprint density at radius 3 is 1.93 bits per heavy atom. The molecule has 13 heteroatoms. The highest BCUT2D eigenvalue weighted by Gasteiger charge is 2.25. The number of ether oxygens (including phenoxy) is 4. The SMILES string of the molecule is [C-]#[N+]c1ccc(Oc2[nH]c(/C(Oc3ccc4ccc(=O)oc4c3)=C3/C=CC(Oc4ccc(C#N)cc4)=N3)cc2C(=O)Oc2ccc3ccc(=O)oc3c2)cc1. The van der Waals surface area contributed by atoms with Crippen LogP contribution in [0.2, 0.25) is 0 Å². The smallest absolute Gasteiger partial charge is 0.349 e. The first-order valence-electron chi connectivity index (χ1n) is 16.4. The minimum absolute atomic E-state index is 0.0332. The van der Waals surface area contributed by atoms with Crippen molar-refractivity contribution in [3.8, 4) is 34.9 Å². The quantitative estimate of drug-likeness (QED) is 0.0527. The molecule has 3 aromatic heterocycles. The third kappa shape index (κ3) is 7.34. The molecule has 0 saturated heterocycles. The van der Waals surface area contributed by atoms with Gasteiger partial charge in [-0.05, 0) is 84.9 Å². The molecular formula is C42H22N4O9. The van der Waals surface area contributed by atoms with E-state index in [-0.39, 0.29) is 57.2 Å². The number of carbonyl (C=O) groups is 1. The molecule has 1 aliphatic rings. The second-order valence-electron chi connectivity index (χ2n) is 11.8. The number of esters is 1. The second kappa shape index (κ2) is 14.3. The molecule has 13 nitrogen and oxygen atoms in total.